The predicted molar refractivity (Wildman–Crippen MR) is 63.1 cm³/mol. The molecule has 0 aliphatic heterocycles. The van der Waals surface area contributed by atoms with Crippen LogP contribution in [0.25, 0.3) is 0 Å². The average Bonchev–Trinajstić information content (AvgIpc) is 2.34. The molecule has 0 bridgehead atoms. The summed E-state index contributed by atoms with van der Waals surface area (Å²) in [6, 6.07) is 3.99. The summed E-state index contributed by atoms with van der Waals surface area (Å²) < 4.78 is 13.4. The summed E-state index contributed by atoms with van der Waals surface area (Å²) in [7, 11) is 0. The van der Waals surface area contributed by atoms with E-state index in [1.807, 2.05) is 0 Å². The first-order valence-electron chi connectivity index (χ1n) is 5.06. The molecule has 2 rings (SSSR count). The van der Waals surface area contributed by atoms with E-state index in [4.69, 9.17) is 0 Å². The maximum Gasteiger partial charge on any atom is 0.274 e. The normalized spacial score (nSPS) is 10.1. The van der Waals surface area contributed by atoms with Crippen molar-refractivity contribution in [2.24, 2.45) is 0 Å². The molecule has 0 atom stereocenters. The second-order valence-electron chi connectivity index (χ2n) is 3.59. The van der Waals surface area contributed by atoms with Gasteiger partial charge in [-0.15, -0.1) is 0 Å². The molecule has 6 nitrogen and oxygen atoms in total. The van der Waals surface area contributed by atoms with Crippen molar-refractivity contribution in [1.82, 2.24) is 9.97 Å². The number of nitro groups is 1. The topological polar surface area (TPSA) is 81.0 Å². The van der Waals surface area contributed by atoms with Gasteiger partial charge in [0.2, 0.25) is 0 Å². The second-order valence-corrected chi connectivity index (χ2v) is 3.59. The van der Waals surface area contributed by atoms with Gasteiger partial charge in [0.15, 0.2) is 5.82 Å². The Hall–Kier alpha value is -2.57. The number of nitrogens with one attached hydrogen (secondary N) is 1. The number of aryl methyl sites for hydroxylation is 1. The number of aromatic nitrogens is 2. The van der Waals surface area contributed by atoms with Gasteiger partial charge in [0.1, 0.15) is 5.82 Å². The summed E-state index contributed by atoms with van der Waals surface area (Å²) in [6.07, 6.45) is 2.36. The molecule has 0 amide bonds. The molecule has 0 saturated carbocycles. The average molecular weight is 248 g/mol. The SMILES string of the molecule is Cc1cc(Nc2cc([N+](=O)[O-])ccn2)c(F)cn1. The molecule has 0 radical (unpaired) electrons. The van der Waals surface area contributed by atoms with Crippen molar-refractivity contribution in [2.45, 2.75) is 6.92 Å². The predicted octanol–water partition coefficient (Wildman–Crippen LogP) is 2.58. The molecule has 0 saturated heterocycles. The van der Waals surface area contributed by atoms with E-state index in [0.717, 1.165) is 6.20 Å². The molecule has 0 aliphatic carbocycles. The van der Waals surface area contributed by atoms with Crippen LogP contribution >= 0.6 is 0 Å². The summed E-state index contributed by atoms with van der Waals surface area (Å²) in [5, 5.41) is 13.3. The monoisotopic (exact) mass is 248 g/mol. The Morgan fingerprint density at radius 3 is 2.89 bits per heavy atom. The highest BCUT2D eigenvalue weighted by atomic mass is 19.1. The third-order valence-electron chi connectivity index (χ3n) is 2.21. The Kier molecular flexibility index (Phi) is 3.13. The van der Waals surface area contributed by atoms with Gasteiger partial charge in [-0.25, -0.2) is 9.37 Å². The van der Waals surface area contributed by atoms with Gasteiger partial charge in [0.05, 0.1) is 22.9 Å². The highest BCUT2D eigenvalue weighted by molar-refractivity contribution is 5.58. The van der Waals surface area contributed by atoms with Crippen LogP contribution in [0.1, 0.15) is 5.69 Å². The minimum atomic E-state index is -0.547. The van der Waals surface area contributed by atoms with Gasteiger partial charge in [0, 0.05) is 18.0 Å². The van der Waals surface area contributed by atoms with E-state index < -0.39 is 10.7 Å². The molecular formula is C11H9FN4O2. The number of nitrogens with zero attached hydrogens (tertiary/aromatic N) is 3. The first kappa shape index (κ1) is 11.9. The molecule has 0 unspecified atom stereocenters. The molecule has 2 aromatic rings. The fourth-order valence-electron chi connectivity index (χ4n) is 1.38. The van der Waals surface area contributed by atoms with E-state index in [1.165, 1.54) is 24.4 Å². The lowest BCUT2D eigenvalue weighted by atomic mass is 10.3. The Labute approximate surface area is 102 Å². The van der Waals surface area contributed by atoms with Crippen LogP contribution in [0.5, 0.6) is 0 Å². The molecule has 0 aromatic carbocycles. The molecule has 0 fully saturated rings. The van der Waals surface area contributed by atoms with Gasteiger partial charge in [-0.1, -0.05) is 0 Å². The summed E-state index contributed by atoms with van der Waals surface area (Å²) in [6.45, 7) is 1.71. The maximum absolute atomic E-state index is 13.4. The molecule has 0 spiro atoms. The van der Waals surface area contributed by atoms with E-state index in [2.05, 4.69) is 15.3 Å². The number of pyridine rings is 2. The number of halogens is 1. The lowest BCUT2D eigenvalue weighted by Crippen LogP contribution is -1.99. The Balaban J connectivity index is 2.31. The third-order valence-corrected chi connectivity index (χ3v) is 2.21. The van der Waals surface area contributed by atoms with Crippen LogP contribution in [0.4, 0.5) is 21.6 Å². The molecule has 92 valence electrons. The summed E-state index contributed by atoms with van der Waals surface area (Å²) in [5.74, 6) is -0.345. The highest BCUT2D eigenvalue weighted by Crippen LogP contribution is 2.21. The van der Waals surface area contributed by atoms with Gasteiger partial charge in [-0.3, -0.25) is 15.1 Å². The van der Waals surface area contributed by atoms with Crippen LogP contribution in [0, 0.1) is 22.9 Å². The quantitative estimate of drug-likeness (QED) is 0.666. The van der Waals surface area contributed by atoms with Crippen LogP contribution in [0.3, 0.4) is 0 Å². The lowest BCUT2D eigenvalue weighted by Gasteiger charge is -2.06. The zero-order valence-corrected chi connectivity index (χ0v) is 9.42. The van der Waals surface area contributed by atoms with Gasteiger partial charge in [-0.2, -0.15) is 0 Å². The first-order chi connectivity index (χ1) is 8.56. The highest BCUT2D eigenvalue weighted by Gasteiger charge is 2.09. The minimum absolute atomic E-state index is 0.112. The molecule has 2 heterocycles. The minimum Gasteiger partial charge on any atom is -0.338 e. The standard InChI is InChI=1S/C11H9FN4O2/c1-7-4-10(9(12)6-14-7)15-11-5-8(16(17)18)2-3-13-11/h2-6H,1H3,(H,13,14,15). The summed E-state index contributed by atoms with van der Waals surface area (Å²) >= 11 is 0. The zero-order valence-electron chi connectivity index (χ0n) is 9.42. The van der Waals surface area contributed by atoms with E-state index in [9.17, 15) is 14.5 Å². The van der Waals surface area contributed by atoms with Crippen molar-refractivity contribution >= 4 is 17.2 Å². The van der Waals surface area contributed by atoms with Crippen molar-refractivity contribution in [3.63, 3.8) is 0 Å². The van der Waals surface area contributed by atoms with Gasteiger partial charge < -0.3 is 5.32 Å². The van der Waals surface area contributed by atoms with Crippen LogP contribution in [-0.2, 0) is 0 Å². The molecule has 7 heteroatoms. The van der Waals surface area contributed by atoms with Gasteiger partial charge in [0.25, 0.3) is 5.69 Å². The largest absolute Gasteiger partial charge is 0.338 e. The van der Waals surface area contributed by atoms with Crippen molar-refractivity contribution in [2.75, 3.05) is 5.32 Å². The van der Waals surface area contributed by atoms with E-state index in [0.29, 0.717) is 5.69 Å². The number of rotatable bonds is 3. The fraction of sp³-hybridized carbons (Fsp3) is 0.0909. The summed E-state index contributed by atoms with van der Waals surface area (Å²) in [4.78, 5) is 17.7. The maximum atomic E-state index is 13.4. The number of hydrogen-bond acceptors (Lipinski definition) is 5. The summed E-state index contributed by atoms with van der Waals surface area (Å²) in [5.41, 5.74) is 0.693. The van der Waals surface area contributed by atoms with Crippen LogP contribution in [-0.4, -0.2) is 14.9 Å². The van der Waals surface area contributed by atoms with E-state index in [1.54, 1.807) is 6.92 Å². The second kappa shape index (κ2) is 4.74. The van der Waals surface area contributed by atoms with Crippen molar-refractivity contribution in [1.29, 1.82) is 0 Å². The van der Waals surface area contributed by atoms with E-state index in [-0.39, 0.29) is 17.2 Å². The molecular weight excluding hydrogens is 239 g/mol. The van der Waals surface area contributed by atoms with Gasteiger partial charge in [-0.05, 0) is 13.0 Å². The Morgan fingerprint density at radius 2 is 2.17 bits per heavy atom. The molecule has 2 aromatic heterocycles. The third kappa shape index (κ3) is 2.57. The van der Waals surface area contributed by atoms with Crippen LogP contribution in [0.15, 0.2) is 30.6 Å². The molecule has 1 N–H and O–H groups in total. The Bertz CT molecular complexity index is 603. The first-order valence-corrected chi connectivity index (χ1v) is 5.06. The Morgan fingerprint density at radius 1 is 1.39 bits per heavy atom. The van der Waals surface area contributed by atoms with Gasteiger partial charge >= 0.3 is 0 Å². The number of hydrogen-bond donors (Lipinski definition) is 1. The number of anilines is 2. The zero-order chi connectivity index (χ0) is 13.1. The van der Waals surface area contributed by atoms with Crippen molar-refractivity contribution in [3.05, 3.63) is 52.2 Å². The smallest absolute Gasteiger partial charge is 0.274 e. The van der Waals surface area contributed by atoms with E-state index >= 15 is 0 Å². The lowest BCUT2D eigenvalue weighted by molar-refractivity contribution is -0.384. The van der Waals surface area contributed by atoms with Crippen molar-refractivity contribution < 1.29 is 9.31 Å². The van der Waals surface area contributed by atoms with Crippen LogP contribution in [0.2, 0.25) is 0 Å². The molecule has 18 heavy (non-hydrogen) atoms. The van der Waals surface area contributed by atoms with Crippen molar-refractivity contribution in [3.8, 4) is 0 Å². The fourth-order valence-corrected chi connectivity index (χ4v) is 1.38. The van der Waals surface area contributed by atoms with Crippen LogP contribution < -0.4 is 5.32 Å². The molecule has 0 aliphatic rings.